The first-order chi connectivity index (χ1) is 9.45. The number of carbonyl (C=O) groups is 1. The molecule has 0 amide bonds. The number of rotatable bonds is 2. The average molecular weight is 284 g/mol. The Morgan fingerprint density at radius 3 is 2.65 bits per heavy atom. The Morgan fingerprint density at radius 2 is 2.00 bits per heavy atom. The smallest absolute Gasteiger partial charge is 0.435 e. The summed E-state index contributed by atoms with van der Waals surface area (Å²) in [6.45, 7) is 1.71. The van der Waals surface area contributed by atoms with Gasteiger partial charge in [0.05, 0.1) is 24.1 Å². The van der Waals surface area contributed by atoms with Crippen LogP contribution in [0, 0.1) is 0 Å². The second kappa shape index (κ2) is 5.36. The highest BCUT2D eigenvalue weighted by atomic mass is 19.4. The number of carbonyl (C=O) groups excluding carboxylic acids is 1. The van der Waals surface area contributed by atoms with E-state index in [0.717, 1.165) is 10.7 Å². The summed E-state index contributed by atoms with van der Waals surface area (Å²) in [7, 11) is 0. The van der Waals surface area contributed by atoms with Gasteiger partial charge in [0.25, 0.3) is 0 Å². The van der Waals surface area contributed by atoms with Crippen molar-refractivity contribution in [3.05, 3.63) is 42.1 Å². The predicted molar refractivity (Wildman–Crippen MR) is 65.1 cm³/mol. The van der Waals surface area contributed by atoms with Crippen molar-refractivity contribution in [3.63, 3.8) is 0 Å². The summed E-state index contributed by atoms with van der Waals surface area (Å²) in [5.74, 6) is 0. The summed E-state index contributed by atoms with van der Waals surface area (Å²) in [6.07, 6.45) is -4.08. The highest BCUT2D eigenvalue weighted by Crippen LogP contribution is 2.36. The maximum Gasteiger partial charge on any atom is 0.435 e. The first-order valence-corrected chi connectivity index (χ1v) is 5.83. The summed E-state index contributed by atoms with van der Waals surface area (Å²) in [5.41, 5.74) is -0.909. The normalized spacial score (nSPS) is 11.4. The van der Waals surface area contributed by atoms with Crippen molar-refractivity contribution in [2.45, 2.75) is 13.1 Å². The minimum absolute atomic E-state index is 0.0383. The molecular formula is C13H11F3N2O2. The van der Waals surface area contributed by atoms with Gasteiger partial charge in [0.15, 0.2) is 0 Å². The average Bonchev–Trinajstić information content (AvgIpc) is 2.87. The van der Waals surface area contributed by atoms with Crippen LogP contribution in [0.1, 0.15) is 12.5 Å². The summed E-state index contributed by atoms with van der Waals surface area (Å²) < 4.78 is 44.5. The van der Waals surface area contributed by atoms with Crippen LogP contribution in [0.4, 0.5) is 18.0 Å². The first-order valence-electron chi connectivity index (χ1n) is 5.83. The number of aromatic nitrogens is 2. The molecular weight excluding hydrogens is 273 g/mol. The van der Waals surface area contributed by atoms with Gasteiger partial charge in [-0.25, -0.2) is 4.79 Å². The molecule has 0 bridgehead atoms. The lowest BCUT2D eigenvalue weighted by Gasteiger charge is -2.13. The summed E-state index contributed by atoms with van der Waals surface area (Å²) in [6, 6.07) is 6.33. The zero-order valence-corrected chi connectivity index (χ0v) is 10.5. The van der Waals surface area contributed by atoms with E-state index in [1.165, 1.54) is 30.5 Å². The molecule has 0 aliphatic heterocycles. The molecule has 1 aromatic heterocycles. The minimum Gasteiger partial charge on any atom is -0.448 e. The van der Waals surface area contributed by atoms with E-state index in [2.05, 4.69) is 5.10 Å². The van der Waals surface area contributed by atoms with Gasteiger partial charge in [-0.1, -0.05) is 18.2 Å². The Morgan fingerprint density at radius 1 is 1.30 bits per heavy atom. The fourth-order valence-corrected chi connectivity index (χ4v) is 1.79. The lowest BCUT2D eigenvalue weighted by molar-refractivity contribution is -0.137. The van der Waals surface area contributed by atoms with Gasteiger partial charge in [-0.2, -0.15) is 23.0 Å². The van der Waals surface area contributed by atoms with Gasteiger partial charge in [-0.15, -0.1) is 0 Å². The Labute approximate surface area is 112 Å². The van der Waals surface area contributed by atoms with E-state index in [1.807, 2.05) is 0 Å². The Kier molecular flexibility index (Phi) is 3.78. The summed E-state index contributed by atoms with van der Waals surface area (Å²) in [4.78, 5) is 11.7. The van der Waals surface area contributed by atoms with E-state index >= 15 is 0 Å². The van der Waals surface area contributed by atoms with Crippen LogP contribution < -0.4 is 0 Å². The van der Waals surface area contributed by atoms with Crippen molar-refractivity contribution in [1.82, 2.24) is 9.78 Å². The van der Waals surface area contributed by atoms with Crippen LogP contribution in [0.2, 0.25) is 0 Å². The number of ether oxygens (including phenoxy) is 1. The molecule has 0 saturated heterocycles. The zero-order chi connectivity index (χ0) is 14.8. The van der Waals surface area contributed by atoms with Crippen molar-refractivity contribution in [3.8, 4) is 11.3 Å². The number of halogens is 3. The molecule has 106 valence electrons. The Hall–Kier alpha value is -2.31. The molecule has 0 unspecified atom stereocenters. The van der Waals surface area contributed by atoms with Crippen molar-refractivity contribution in [2.24, 2.45) is 0 Å². The Bertz CT molecular complexity index is 620. The van der Waals surface area contributed by atoms with Gasteiger partial charge in [0.1, 0.15) is 0 Å². The van der Waals surface area contributed by atoms with Gasteiger partial charge in [0, 0.05) is 5.56 Å². The zero-order valence-electron chi connectivity index (χ0n) is 10.5. The number of benzene rings is 1. The number of nitrogens with zero attached hydrogens (tertiary/aromatic N) is 2. The monoisotopic (exact) mass is 284 g/mol. The molecule has 2 rings (SSSR count). The molecule has 0 spiro atoms. The molecule has 0 radical (unpaired) electrons. The fraction of sp³-hybridized carbons (Fsp3) is 0.231. The molecule has 0 saturated carbocycles. The highest BCUT2D eigenvalue weighted by Gasteiger charge is 2.34. The third-order valence-electron chi connectivity index (χ3n) is 2.59. The third kappa shape index (κ3) is 2.66. The minimum atomic E-state index is -4.51. The van der Waals surface area contributed by atoms with Crippen LogP contribution in [0.5, 0.6) is 0 Å². The SMILES string of the molecule is CCOC(=O)n1nccc1-c1ccccc1C(F)(F)F. The van der Waals surface area contributed by atoms with E-state index in [-0.39, 0.29) is 17.9 Å². The summed E-state index contributed by atoms with van der Waals surface area (Å²) >= 11 is 0. The van der Waals surface area contributed by atoms with Crippen LogP contribution in [0.25, 0.3) is 11.3 Å². The van der Waals surface area contributed by atoms with Crippen molar-refractivity contribution < 1.29 is 22.7 Å². The van der Waals surface area contributed by atoms with Crippen LogP contribution in [-0.4, -0.2) is 22.5 Å². The number of hydrogen-bond donors (Lipinski definition) is 0. The second-order valence-corrected chi connectivity index (χ2v) is 3.87. The largest absolute Gasteiger partial charge is 0.448 e. The fourth-order valence-electron chi connectivity index (χ4n) is 1.79. The first kappa shape index (κ1) is 14.1. The maximum atomic E-state index is 13.0. The quantitative estimate of drug-likeness (QED) is 0.846. The molecule has 1 heterocycles. The van der Waals surface area contributed by atoms with E-state index < -0.39 is 17.8 Å². The van der Waals surface area contributed by atoms with Crippen LogP contribution in [0.3, 0.4) is 0 Å². The molecule has 2 aromatic rings. The summed E-state index contributed by atoms with van der Waals surface area (Å²) in [5, 5.41) is 3.71. The van der Waals surface area contributed by atoms with Gasteiger partial charge in [-0.3, -0.25) is 0 Å². The molecule has 0 atom stereocenters. The van der Waals surface area contributed by atoms with Crippen LogP contribution in [-0.2, 0) is 10.9 Å². The maximum absolute atomic E-state index is 13.0. The standard InChI is InChI=1S/C13H11F3N2O2/c1-2-20-12(19)18-11(7-8-17-18)9-5-3-4-6-10(9)13(14,15)16/h3-8H,2H2,1H3. The van der Waals surface area contributed by atoms with E-state index in [1.54, 1.807) is 6.92 Å². The lowest BCUT2D eigenvalue weighted by Crippen LogP contribution is -2.17. The van der Waals surface area contributed by atoms with E-state index in [4.69, 9.17) is 4.74 Å². The van der Waals surface area contributed by atoms with Crippen molar-refractivity contribution in [1.29, 1.82) is 0 Å². The molecule has 0 N–H and O–H groups in total. The topological polar surface area (TPSA) is 44.1 Å². The van der Waals surface area contributed by atoms with E-state index in [0.29, 0.717) is 0 Å². The number of alkyl halides is 3. The van der Waals surface area contributed by atoms with Crippen LogP contribution >= 0.6 is 0 Å². The molecule has 0 fully saturated rings. The number of hydrogen-bond acceptors (Lipinski definition) is 3. The molecule has 0 aliphatic rings. The molecule has 0 aliphatic carbocycles. The molecule has 1 aromatic carbocycles. The third-order valence-corrected chi connectivity index (χ3v) is 2.59. The predicted octanol–water partition coefficient (Wildman–Crippen LogP) is 3.57. The van der Waals surface area contributed by atoms with Gasteiger partial charge in [0.2, 0.25) is 0 Å². The van der Waals surface area contributed by atoms with Gasteiger partial charge < -0.3 is 4.74 Å². The van der Waals surface area contributed by atoms with Crippen molar-refractivity contribution >= 4 is 6.09 Å². The van der Waals surface area contributed by atoms with Crippen LogP contribution in [0.15, 0.2) is 36.5 Å². The van der Waals surface area contributed by atoms with Crippen molar-refractivity contribution in [2.75, 3.05) is 6.61 Å². The second-order valence-electron chi connectivity index (χ2n) is 3.87. The Balaban J connectivity index is 2.54. The van der Waals surface area contributed by atoms with E-state index in [9.17, 15) is 18.0 Å². The highest BCUT2D eigenvalue weighted by molar-refractivity contribution is 5.78. The molecule has 4 nitrogen and oxygen atoms in total. The molecule has 20 heavy (non-hydrogen) atoms. The molecule has 7 heteroatoms. The van der Waals surface area contributed by atoms with Gasteiger partial charge >= 0.3 is 12.3 Å². The lowest BCUT2D eigenvalue weighted by atomic mass is 10.0. The van der Waals surface area contributed by atoms with Gasteiger partial charge in [-0.05, 0) is 19.1 Å².